The summed E-state index contributed by atoms with van der Waals surface area (Å²) in [5, 5.41) is 5.10. The van der Waals surface area contributed by atoms with Crippen LogP contribution in [0.25, 0.3) is 17.0 Å². The van der Waals surface area contributed by atoms with Gasteiger partial charge in [0.2, 0.25) is 0 Å². The molecule has 1 aromatic carbocycles. The number of hydrogen-bond acceptors (Lipinski definition) is 7. The van der Waals surface area contributed by atoms with Gasteiger partial charge in [-0.2, -0.15) is 0 Å². The summed E-state index contributed by atoms with van der Waals surface area (Å²) in [5.74, 6) is -0.0430. The predicted molar refractivity (Wildman–Crippen MR) is 104 cm³/mol. The minimum atomic E-state index is -0.484. The number of hydrogen-bond donors (Lipinski definition) is 2. The fourth-order valence-corrected chi connectivity index (χ4v) is 3.37. The summed E-state index contributed by atoms with van der Waals surface area (Å²) >= 11 is 0.788. The highest BCUT2D eigenvalue weighted by molar-refractivity contribution is 8.18. The molecule has 9 heteroatoms. The first-order valence-electron chi connectivity index (χ1n) is 8.12. The van der Waals surface area contributed by atoms with Crippen molar-refractivity contribution >= 4 is 51.5 Å². The number of nitrogens with zero attached hydrogens (tertiary/aromatic N) is 1. The molecule has 0 bridgehead atoms. The van der Waals surface area contributed by atoms with Gasteiger partial charge >= 0.3 is 0 Å². The summed E-state index contributed by atoms with van der Waals surface area (Å²) in [4.78, 5) is 40.0. The van der Waals surface area contributed by atoms with E-state index >= 15 is 0 Å². The summed E-state index contributed by atoms with van der Waals surface area (Å²) in [7, 11) is 1.52. The Labute approximate surface area is 162 Å². The van der Waals surface area contributed by atoms with Crippen molar-refractivity contribution in [2.75, 3.05) is 12.4 Å². The van der Waals surface area contributed by atoms with E-state index in [2.05, 4.69) is 15.6 Å². The number of para-hydroxylation sites is 2. The smallest absolute Gasteiger partial charge is 0.290 e. The Morgan fingerprint density at radius 2 is 2.11 bits per heavy atom. The van der Waals surface area contributed by atoms with Crippen LogP contribution in [0, 0.1) is 0 Å². The number of amides is 3. The van der Waals surface area contributed by atoms with E-state index in [1.165, 1.54) is 19.4 Å². The summed E-state index contributed by atoms with van der Waals surface area (Å²) in [6, 6.07) is 8.67. The van der Waals surface area contributed by atoms with Crippen LogP contribution in [0.5, 0.6) is 5.75 Å². The van der Waals surface area contributed by atoms with Crippen molar-refractivity contribution in [2.24, 2.45) is 0 Å². The van der Waals surface area contributed by atoms with Crippen molar-refractivity contribution in [1.29, 1.82) is 0 Å². The molecule has 0 aliphatic carbocycles. The third-order valence-electron chi connectivity index (χ3n) is 3.96. The van der Waals surface area contributed by atoms with Crippen molar-refractivity contribution in [3.63, 3.8) is 0 Å². The van der Waals surface area contributed by atoms with E-state index in [0.29, 0.717) is 28.2 Å². The van der Waals surface area contributed by atoms with E-state index in [9.17, 15) is 14.4 Å². The summed E-state index contributed by atoms with van der Waals surface area (Å²) in [6.07, 6.45) is 4.40. The zero-order chi connectivity index (χ0) is 19.7. The van der Waals surface area contributed by atoms with Crippen LogP contribution in [-0.4, -0.2) is 29.1 Å². The molecule has 3 aromatic rings. The Hall–Kier alpha value is -3.59. The highest BCUT2D eigenvalue weighted by Crippen LogP contribution is 2.30. The molecule has 28 heavy (non-hydrogen) atoms. The first-order valence-corrected chi connectivity index (χ1v) is 8.93. The Morgan fingerprint density at radius 3 is 2.86 bits per heavy atom. The van der Waals surface area contributed by atoms with Crippen molar-refractivity contribution in [2.45, 2.75) is 0 Å². The number of carbonyl (C=O) groups is 3. The number of methoxy groups -OCH3 is 1. The van der Waals surface area contributed by atoms with Gasteiger partial charge in [0.05, 0.1) is 17.7 Å². The Bertz CT molecular complexity index is 1150. The number of benzene rings is 1. The zero-order valence-corrected chi connectivity index (χ0v) is 15.3. The molecule has 0 atom stereocenters. The maximum absolute atomic E-state index is 12.8. The van der Waals surface area contributed by atoms with Gasteiger partial charge in [0, 0.05) is 23.9 Å². The lowest BCUT2D eigenvalue weighted by Gasteiger charge is -2.09. The van der Waals surface area contributed by atoms with Crippen LogP contribution in [0.2, 0.25) is 0 Å². The number of carbonyl (C=O) groups excluding carboxylic acids is 3. The van der Waals surface area contributed by atoms with Gasteiger partial charge < -0.3 is 14.5 Å². The van der Waals surface area contributed by atoms with Crippen molar-refractivity contribution < 1.29 is 23.5 Å². The monoisotopic (exact) mass is 395 g/mol. The van der Waals surface area contributed by atoms with Crippen LogP contribution >= 0.6 is 11.8 Å². The molecule has 4 rings (SSSR count). The number of rotatable bonds is 4. The third kappa shape index (κ3) is 3.35. The fourth-order valence-electron chi connectivity index (χ4n) is 2.70. The predicted octanol–water partition coefficient (Wildman–Crippen LogP) is 3.41. The van der Waals surface area contributed by atoms with Crippen LogP contribution in [0.15, 0.2) is 52.0 Å². The summed E-state index contributed by atoms with van der Waals surface area (Å²) in [6.45, 7) is 0. The molecule has 1 aliphatic rings. The Kier molecular flexibility index (Phi) is 4.58. The molecule has 0 radical (unpaired) electrons. The Balaban J connectivity index is 1.67. The van der Waals surface area contributed by atoms with Gasteiger partial charge in [-0.05, 0) is 30.0 Å². The molecule has 2 aromatic heterocycles. The van der Waals surface area contributed by atoms with Gasteiger partial charge in [-0.15, -0.1) is 0 Å². The standard InChI is InChI=1S/C19H13N3O5S/c1-26-14-5-3-2-4-13(14)21-17(23)12-9-20-8-10-6-11(27-16(10)12)7-15-18(24)22-19(25)28-15/h2-9H,1H3,(H,21,23)(H,22,24,25). The van der Waals surface area contributed by atoms with Crippen LogP contribution in [-0.2, 0) is 4.79 Å². The molecule has 140 valence electrons. The minimum absolute atomic E-state index is 0.219. The molecule has 1 saturated heterocycles. The SMILES string of the molecule is COc1ccccc1NC(=O)c1cncc2cc(C=C3SC(=O)NC3=O)oc12. The summed E-state index contributed by atoms with van der Waals surface area (Å²) in [5.41, 5.74) is 1.06. The zero-order valence-electron chi connectivity index (χ0n) is 14.5. The van der Waals surface area contributed by atoms with E-state index < -0.39 is 17.1 Å². The van der Waals surface area contributed by atoms with Gasteiger partial charge in [0.25, 0.3) is 17.1 Å². The number of pyridine rings is 1. The Morgan fingerprint density at radius 1 is 1.29 bits per heavy atom. The van der Waals surface area contributed by atoms with Crippen molar-refractivity contribution in [3.05, 3.63) is 59.0 Å². The average molecular weight is 395 g/mol. The second kappa shape index (κ2) is 7.20. The lowest BCUT2D eigenvalue weighted by molar-refractivity contribution is -0.115. The highest BCUT2D eigenvalue weighted by atomic mass is 32.2. The lowest BCUT2D eigenvalue weighted by atomic mass is 10.2. The molecule has 0 unspecified atom stereocenters. The van der Waals surface area contributed by atoms with E-state index in [-0.39, 0.29) is 10.5 Å². The maximum atomic E-state index is 12.8. The topological polar surface area (TPSA) is 111 Å². The van der Waals surface area contributed by atoms with E-state index in [0.717, 1.165) is 11.8 Å². The summed E-state index contributed by atoms with van der Waals surface area (Å²) < 4.78 is 11.0. The normalized spacial score (nSPS) is 15.1. The number of imide groups is 1. The second-order valence-corrected chi connectivity index (χ2v) is 6.78. The molecular weight excluding hydrogens is 382 g/mol. The van der Waals surface area contributed by atoms with Gasteiger partial charge in [-0.1, -0.05) is 12.1 Å². The van der Waals surface area contributed by atoms with E-state index in [4.69, 9.17) is 9.15 Å². The minimum Gasteiger partial charge on any atom is -0.495 e. The largest absolute Gasteiger partial charge is 0.495 e. The van der Waals surface area contributed by atoms with Crippen LogP contribution < -0.4 is 15.4 Å². The number of nitrogens with one attached hydrogen (secondary N) is 2. The van der Waals surface area contributed by atoms with Crippen molar-refractivity contribution in [3.8, 4) is 5.75 Å². The van der Waals surface area contributed by atoms with Crippen molar-refractivity contribution in [1.82, 2.24) is 10.3 Å². The third-order valence-corrected chi connectivity index (χ3v) is 4.77. The molecule has 0 spiro atoms. The first-order chi connectivity index (χ1) is 13.5. The first kappa shape index (κ1) is 17.8. The highest BCUT2D eigenvalue weighted by Gasteiger charge is 2.26. The van der Waals surface area contributed by atoms with Gasteiger partial charge in [-0.25, -0.2) is 0 Å². The maximum Gasteiger partial charge on any atom is 0.290 e. The molecule has 1 aliphatic heterocycles. The fraction of sp³-hybridized carbons (Fsp3) is 0.0526. The average Bonchev–Trinajstić information content (AvgIpc) is 3.23. The number of ether oxygens (including phenoxy) is 1. The molecule has 3 heterocycles. The number of furan rings is 1. The van der Waals surface area contributed by atoms with Crippen LogP contribution in [0.1, 0.15) is 16.1 Å². The molecule has 3 amide bonds. The second-order valence-electron chi connectivity index (χ2n) is 5.76. The van der Waals surface area contributed by atoms with E-state index in [1.54, 1.807) is 36.5 Å². The van der Waals surface area contributed by atoms with Gasteiger partial charge in [-0.3, -0.25) is 24.7 Å². The molecular formula is C19H13N3O5S. The lowest BCUT2D eigenvalue weighted by Crippen LogP contribution is -2.17. The van der Waals surface area contributed by atoms with Crippen LogP contribution in [0.4, 0.5) is 10.5 Å². The van der Waals surface area contributed by atoms with Gasteiger partial charge in [0.15, 0.2) is 5.58 Å². The molecule has 1 fully saturated rings. The van der Waals surface area contributed by atoms with E-state index in [1.807, 2.05) is 0 Å². The molecule has 0 saturated carbocycles. The number of anilines is 1. The quantitative estimate of drug-likeness (QED) is 0.651. The number of aromatic nitrogens is 1. The van der Waals surface area contributed by atoms with Crippen LogP contribution in [0.3, 0.4) is 0 Å². The number of fused-ring (bicyclic) bond motifs is 1. The molecule has 8 nitrogen and oxygen atoms in total. The number of thioether (sulfide) groups is 1. The molecule has 2 N–H and O–H groups in total. The van der Waals surface area contributed by atoms with Gasteiger partial charge in [0.1, 0.15) is 17.1 Å².